The van der Waals surface area contributed by atoms with Crippen LogP contribution in [-0.4, -0.2) is 37.2 Å². The van der Waals surface area contributed by atoms with Crippen LogP contribution in [0.3, 0.4) is 0 Å². The van der Waals surface area contributed by atoms with E-state index in [9.17, 15) is 14.4 Å². The van der Waals surface area contributed by atoms with Crippen LogP contribution >= 0.6 is 0 Å². The Hall–Kier alpha value is -4.97. The second-order valence-corrected chi connectivity index (χ2v) is 20.5. The SMILES string of the molecule is CC/C=C\C/C=C\C/C=C\C/C=C\C/C=C\C/C=C\C/C=C\C/C=C\CCCCC(=O)OCC(COC(=O)CCCCCCC/C=C\C/C=C\C/C=C\CC)OC(=O)CCCCCCCCCCC/C=C\C/C=C\CCCCC. The molecule has 1 unspecified atom stereocenters. The molecular weight excluding hydrogens is 973 g/mol. The number of hydrogen-bond acceptors (Lipinski definition) is 6. The molecule has 0 fully saturated rings. The molecule has 0 rings (SSSR count). The normalized spacial score (nSPS) is 13.2. The summed E-state index contributed by atoms with van der Waals surface area (Å²) >= 11 is 0. The number of allylic oxidation sites excluding steroid dienone is 26. The van der Waals surface area contributed by atoms with E-state index in [0.717, 1.165) is 148 Å². The third kappa shape index (κ3) is 63.7. The van der Waals surface area contributed by atoms with Crippen molar-refractivity contribution in [2.75, 3.05) is 13.2 Å². The number of carbonyl (C=O) groups excluding carboxylic acids is 3. The lowest BCUT2D eigenvalue weighted by atomic mass is 10.1. The molecule has 0 N–H and O–H groups in total. The van der Waals surface area contributed by atoms with Gasteiger partial charge in [0.1, 0.15) is 13.2 Å². The standard InChI is InChI=1S/C73H116O6/c1-4-7-10-13-16-19-22-25-28-30-32-33-34-35-36-37-38-39-41-42-45-48-51-54-57-60-63-66-72(75)78-69-70(68-77-71(74)65-62-59-56-53-50-47-44-27-24-21-18-15-12-9-6-3)79-73(76)67-64-61-58-55-52-49-46-43-40-31-29-26-23-20-17-14-11-8-5-2/h7,9-10,12,16-21,25-29,32-33,35-36,38-39,42,44-45,51,54,70H,4-6,8,11,13-15,22-24,30-31,34,37,40-41,43,46-50,52-53,55-69H2,1-3H3/b10-7-,12-9-,19-16-,20-17-,21-18-,28-25-,29-26-,33-32-,36-35-,39-38-,44-27-,45-42-,54-51-. The highest BCUT2D eigenvalue weighted by Gasteiger charge is 2.19. The van der Waals surface area contributed by atoms with Crippen LogP contribution in [0.1, 0.15) is 265 Å². The fourth-order valence-electron chi connectivity index (χ4n) is 8.27. The fraction of sp³-hybridized carbons (Fsp3) is 0.603. The van der Waals surface area contributed by atoms with Crippen molar-refractivity contribution in [3.63, 3.8) is 0 Å². The van der Waals surface area contributed by atoms with E-state index in [4.69, 9.17) is 14.2 Å². The Bertz CT molecular complexity index is 1780. The zero-order valence-electron chi connectivity index (χ0n) is 50.8. The topological polar surface area (TPSA) is 78.9 Å². The van der Waals surface area contributed by atoms with Gasteiger partial charge in [-0.05, 0) is 148 Å². The Labute approximate surface area is 486 Å². The van der Waals surface area contributed by atoms with Gasteiger partial charge in [0.05, 0.1) is 0 Å². The second-order valence-electron chi connectivity index (χ2n) is 20.5. The summed E-state index contributed by atoms with van der Waals surface area (Å²) in [6.45, 7) is 6.33. The lowest BCUT2D eigenvalue weighted by Gasteiger charge is -2.18. The third-order valence-electron chi connectivity index (χ3n) is 13.0. The highest BCUT2D eigenvalue weighted by atomic mass is 16.6. The minimum Gasteiger partial charge on any atom is -0.462 e. The van der Waals surface area contributed by atoms with Gasteiger partial charge in [0.15, 0.2) is 6.10 Å². The van der Waals surface area contributed by atoms with Gasteiger partial charge in [-0.25, -0.2) is 0 Å². The first-order chi connectivity index (χ1) is 39.0. The molecule has 6 nitrogen and oxygen atoms in total. The molecule has 0 aromatic carbocycles. The maximum atomic E-state index is 12.9. The van der Waals surface area contributed by atoms with Crippen LogP contribution in [0.15, 0.2) is 158 Å². The van der Waals surface area contributed by atoms with Gasteiger partial charge in [0, 0.05) is 19.3 Å². The van der Waals surface area contributed by atoms with E-state index in [1.165, 1.54) is 70.6 Å². The van der Waals surface area contributed by atoms with Crippen LogP contribution < -0.4 is 0 Å². The van der Waals surface area contributed by atoms with Crippen LogP contribution in [0.25, 0.3) is 0 Å². The molecule has 79 heavy (non-hydrogen) atoms. The van der Waals surface area contributed by atoms with E-state index < -0.39 is 6.10 Å². The third-order valence-corrected chi connectivity index (χ3v) is 13.0. The van der Waals surface area contributed by atoms with Crippen molar-refractivity contribution in [3.05, 3.63) is 158 Å². The molecule has 0 aliphatic carbocycles. The van der Waals surface area contributed by atoms with Crippen LogP contribution in [0, 0.1) is 0 Å². The van der Waals surface area contributed by atoms with Crippen molar-refractivity contribution in [2.45, 2.75) is 271 Å². The van der Waals surface area contributed by atoms with Gasteiger partial charge >= 0.3 is 17.9 Å². The molecule has 444 valence electrons. The van der Waals surface area contributed by atoms with Crippen LogP contribution in [0.4, 0.5) is 0 Å². The first-order valence-corrected chi connectivity index (χ1v) is 32.0. The molecule has 1 atom stereocenters. The lowest BCUT2D eigenvalue weighted by molar-refractivity contribution is -0.167. The Balaban J connectivity index is 4.49. The Kier molecular flexibility index (Phi) is 61.4. The summed E-state index contributed by atoms with van der Waals surface area (Å²) in [7, 11) is 0. The van der Waals surface area contributed by atoms with Gasteiger partial charge < -0.3 is 14.2 Å². The molecule has 0 bridgehead atoms. The lowest BCUT2D eigenvalue weighted by Crippen LogP contribution is -2.30. The maximum Gasteiger partial charge on any atom is 0.306 e. The number of esters is 3. The summed E-state index contributed by atoms with van der Waals surface area (Å²) in [5.74, 6) is -0.976. The van der Waals surface area contributed by atoms with E-state index >= 15 is 0 Å². The minimum absolute atomic E-state index is 0.109. The molecule has 0 heterocycles. The van der Waals surface area contributed by atoms with Crippen molar-refractivity contribution in [2.24, 2.45) is 0 Å². The number of carbonyl (C=O) groups is 3. The largest absolute Gasteiger partial charge is 0.462 e. The first kappa shape index (κ1) is 74.0. The smallest absolute Gasteiger partial charge is 0.306 e. The Morgan fingerprint density at radius 1 is 0.266 bits per heavy atom. The van der Waals surface area contributed by atoms with Crippen molar-refractivity contribution in [1.82, 2.24) is 0 Å². The Morgan fingerprint density at radius 2 is 0.494 bits per heavy atom. The summed E-state index contributed by atoms with van der Waals surface area (Å²) < 4.78 is 16.9. The second kappa shape index (κ2) is 65.5. The number of unbranched alkanes of at least 4 members (excludes halogenated alkanes) is 19. The molecule has 0 radical (unpaired) electrons. The van der Waals surface area contributed by atoms with Crippen LogP contribution in [0.2, 0.25) is 0 Å². The summed E-state index contributed by atoms with van der Waals surface area (Å²) in [5, 5.41) is 0. The van der Waals surface area contributed by atoms with Gasteiger partial charge in [-0.15, -0.1) is 0 Å². The van der Waals surface area contributed by atoms with E-state index in [-0.39, 0.29) is 31.1 Å². The maximum absolute atomic E-state index is 12.9. The zero-order valence-corrected chi connectivity index (χ0v) is 50.8. The number of ether oxygens (including phenoxy) is 3. The quantitative estimate of drug-likeness (QED) is 0.0261. The van der Waals surface area contributed by atoms with E-state index in [1.54, 1.807) is 0 Å². The predicted octanol–water partition coefficient (Wildman–Crippen LogP) is 22.1. The van der Waals surface area contributed by atoms with Crippen LogP contribution in [-0.2, 0) is 28.6 Å². The number of hydrogen-bond donors (Lipinski definition) is 0. The molecular formula is C73H116O6. The summed E-state index contributed by atoms with van der Waals surface area (Å²) in [6, 6.07) is 0. The van der Waals surface area contributed by atoms with Crippen LogP contribution in [0.5, 0.6) is 0 Å². The van der Waals surface area contributed by atoms with Crippen molar-refractivity contribution in [1.29, 1.82) is 0 Å². The van der Waals surface area contributed by atoms with Gasteiger partial charge in [-0.3, -0.25) is 14.4 Å². The monoisotopic (exact) mass is 1090 g/mol. The Morgan fingerprint density at radius 3 is 0.797 bits per heavy atom. The van der Waals surface area contributed by atoms with E-state index in [0.29, 0.717) is 25.7 Å². The predicted molar refractivity (Wildman–Crippen MR) is 343 cm³/mol. The summed E-state index contributed by atoms with van der Waals surface area (Å²) in [6.07, 6.45) is 95.3. The zero-order chi connectivity index (χ0) is 57.1. The molecule has 0 aromatic heterocycles. The molecule has 6 heteroatoms. The molecule has 0 aliphatic heterocycles. The summed E-state index contributed by atoms with van der Waals surface area (Å²) in [4.78, 5) is 38.3. The summed E-state index contributed by atoms with van der Waals surface area (Å²) in [5.41, 5.74) is 0. The molecule has 0 saturated carbocycles. The average Bonchev–Trinajstić information content (AvgIpc) is 3.45. The number of rotatable bonds is 56. The molecule has 0 amide bonds. The highest BCUT2D eigenvalue weighted by Crippen LogP contribution is 2.14. The van der Waals surface area contributed by atoms with E-state index in [1.807, 2.05) is 0 Å². The van der Waals surface area contributed by atoms with Crippen molar-refractivity contribution < 1.29 is 28.6 Å². The van der Waals surface area contributed by atoms with Gasteiger partial charge in [-0.1, -0.05) is 256 Å². The van der Waals surface area contributed by atoms with Gasteiger partial charge in [0.2, 0.25) is 0 Å². The molecule has 0 saturated heterocycles. The minimum atomic E-state index is -0.815. The molecule has 0 aliphatic rings. The van der Waals surface area contributed by atoms with Gasteiger partial charge in [-0.2, -0.15) is 0 Å². The average molecular weight is 1090 g/mol. The fourth-order valence-corrected chi connectivity index (χ4v) is 8.27. The first-order valence-electron chi connectivity index (χ1n) is 32.0. The van der Waals surface area contributed by atoms with Crippen molar-refractivity contribution in [3.8, 4) is 0 Å². The van der Waals surface area contributed by atoms with E-state index in [2.05, 4.69) is 179 Å². The molecule has 0 aromatic rings. The molecule has 0 spiro atoms. The van der Waals surface area contributed by atoms with Gasteiger partial charge in [0.25, 0.3) is 0 Å². The highest BCUT2D eigenvalue weighted by molar-refractivity contribution is 5.71. The van der Waals surface area contributed by atoms with Crippen molar-refractivity contribution >= 4 is 17.9 Å².